The van der Waals surface area contributed by atoms with Crippen molar-refractivity contribution in [2.75, 3.05) is 13.6 Å². The summed E-state index contributed by atoms with van der Waals surface area (Å²) in [6.07, 6.45) is 1.14. The molecule has 2 atom stereocenters. The lowest BCUT2D eigenvalue weighted by molar-refractivity contribution is 0.0378. The maximum Gasteiger partial charge on any atom is 0.191 e. The highest BCUT2D eigenvalue weighted by atomic mass is 127. The van der Waals surface area contributed by atoms with E-state index in [1.54, 1.807) is 20.0 Å². The summed E-state index contributed by atoms with van der Waals surface area (Å²) in [7, 11) is 1.73. The Hall–Kier alpha value is -0.760. The van der Waals surface area contributed by atoms with Crippen molar-refractivity contribution in [2.45, 2.75) is 45.8 Å². The predicted molar refractivity (Wildman–Crippen MR) is 95.1 cm³/mol. The molecule has 0 aromatic carbocycles. The minimum Gasteiger partial charge on any atom is -0.463 e. The Labute approximate surface area is 143 Å². The monoisotopic (exact) mass is 407 g/mol. The second-order valence-corrected chi connectivity index (χ2v) is 6.50. The number of aryl methyl sites for hydroxylation is 1. The molecule has 21 heavy (non-hydrogen) atoms. The lowest BCUT2D eigenvalue weighted by Gasteiger charge is -2.23. The predicted octanol–water partition coefficient (Wildman–Crippen LogP) is 2.38. The van der Waals surface area contributed by atoms with Crippen LogP contribution in [0, 0.1) is 12.3 Å². The number of aliphatic imine (C=N–C) groups is 1. The van der Waals surface area contributed by atoms with Gasteiger partial charge in [-0.05, 0) is 37.8 Å². The van der Waals surface area contributed by atoms with Crippen LogP contribution in [-0.4, -0.2) is 30.7 Å². The Morgan fingerprint density at radius 2 is 2.14 bits per heavy atom. The van der Waals surface area contributed by atoms with Crippen LogP contribution in [-0.2, 0) is 5.60 Å². The van der Waals surface area contributed by atoms with Gasteiger partial charge in [0.2, 0.25) is 0 Å². The molecule has 1 aliphatic rings. The van der Waals surface area contributed by atoms with E-state index in [9.17, 15) is 5.11 Å². The Kier molecular flexibility index (Phi) is 5.71. The first kappa shape index (κ1) is 18.3. The molecule has 1 heterocycles. The van der Waals surface area contributed by atoms with Gasteiger partial charge in [-0.25, -0.2) is 0 Å². The first-order valence-electron chi connectivity index (χ1n) is 7.01. The van der Waals surface area contributed by atoms with Gasteiger partial charge in [-0.15, -0.1) is 24.0 Å². The van der Waals surface area contributed by atoms with Crippen molar-refractivity contribution in [1.82, 2.24) is 10.6 Å². The summed E-state index contributed by atoms with van der Waals surface area (Å²) < 4.78 is 5.49. The van der Waals surface area contributed by atoms with Crippen LogP contribution >= 0.6 is 24.0 Å². The number of aliphatic hydroxyl groups is 1. The summed E-state index contributed by atoms with van der Waals surface area (Å²) >= 11 is 0. The molecule has 1 fully saturated rings. The van der Waals surface area contributed by atoms with Gasteiger partial charge in [-0.2, -0.15) is 0 Å². The summed E-state index contributed by atoms with van der Waals surface area (Å²) in [5.41, 5.74) is -0.733. The summed E-state index contributed by atoms with van der Waals surface area (Å²) in [6, 6.07) is 4.10. The van der Waals surface area contributed by atoms with Gasteiger partial charge in [0.15, 0.2) is 5.96 Å². The van der Waals surface area contributed by atoms with E-state index in [4.69, 9.17) is 4.42 Å². The van der Waals surface area contributed by atoms with Gasteiger partial charge in [0.25, 0.3) is 0 Å². The summed E-state index contributed by atoms with van der Waals surface area (Å²) in [4.78, 5) is 4.19. The van der Waals surface area contributed by atoms with Crippen molar-refractivity contribution in [2.24, 2.45) is 10.4 Å². The molecule has 0 aliphatic heterocycles. The SMILES string of the molecule is CN=C(NCC(C)(O)c1ccc(C)o1)NC1CC1(C)C.I. The zero-order chi connectivity index (χ0) is 15.0. The zero-order valence-electron chi connectivity index (χ0n) is 13.4. The average Bonchev–Trinajstić information content (AvgIpc) is 2.74. The van der Waals surface area contributed by atoms with E-state index in [2.05, 4.69) is 29.5 Å². The minimum atomic E-state index is -1.06. The molecule has 5 nitrogen and oxygen atoms in total. The summed E-state index contributed by atoms with van der Waals surface area (Å²) in [5, 5.41) is 17.0. The van der Waals surface area contributed by atoms with E-state index in [1.165, 1.54) is 0 Å². The Morgan fingerprint density at radius 3 is 2.57 bits per heavy atom. The number of nitrogens with one attached hydrogen (secondary N) is 2. The second-order valence-electron chi connectivity index (χ2n) is 6.50. The standard InChI is InChI=1S/C15H25N3O2.HI/c1-10-6-7-12(20-10)15(4,19)9-17-13(16-5)18-11-8-14(11,2)3;/h6-7,11,19H,8-9H2,1-5H3,(H2,16,17,18);1H. The van der Waals surface area contributed by atoms with Crippen LogP contribution < -0.4 is 10.6 Å². The third-order valence-corrected chi connectivity index (χ3v) is 3.92. The highest BCUT2D eigenvalue weighted by molar-refractivity contribution is 14.0. The highest BCUT2D eigenvalue weighted by Gasteiger charge is 2.46. The molecule has 1 aliphatic carbocycles. The normalized spacial score (nSPS) is 23.0. The Morgan fingerprint density at radius 1 is 1.52 bits per heavy atom. The van der Waals surface area contributed by atoms with Crippen molar-refractivity contribution < 1.29 is 9.52 Å². The van der Waals surface area contributed by atoms with E-state index < -0.39 is 5.60 Å². The fourth-order valence-corrected chi connectivity index (χ4v) is 2.14. The van der Waals surface area contributed by atoms with Gasteiger partial charge in [0, 0.05) is 13.1 Å². The van der Waals surface area contributed by atoms with Gasteiger partial charge in [0.05, 0.1) is 6.54 Å². The Balaban J connectivity index is 0.00000220. The van der Waals surface area contributed by atoms with Gasteiger partial charge in [-0.1, -0.05) is 13.8 Å². The molecule has 0 spiro atoms. The van der Waals surface area contributed by atoms with Crippen molar-refractivity contribution in [3.63, 3.8) is 0 Å². The van der Waals surface area contributed by atoms with Crippen LogP contribution in [0.15, 0.2) is 21.5 Å². The largest absolute Gasteiger partial charge is 0.463 e. The fourth-order valence-electron chi connectivity index (χ4n) is 2.14. The number of rotatable bonds is 4. The molecular weight excluding hydrogens is 381 g/mol. The molecule has 3 N–H and O–H groups in total. The van der Waals surface area contributed by atoms with E-state index in [0.29, 0.717) is 29.7 Å². The number of furan rings is 1. The topological polar surface area (TPSA) is 69.8 Å². The lowest BCUT2D eigenvalue weighted by atomic mass is 10.0. The third-order valence-electron chi connectivity index (χ3n) is 3.92. The quantitative estimate of drug-likeness (QED) is 0.407. The maximum absolute atomic E-state index is 10.5. The van der Waals surface area contributed by atoms with Gasteiger partial charge in [0.1, 0.15) is 17.1 Å². The lowest BCUT2D eigenvalue weighted by Crippen LogP contribution is -2.45. The molecule has 0 bridgehead atoms. The molecule has 0 radical (unpaired) electrons. The van der Waals surface area contributed by atoms with Crippen molar-refractivity contribution in [3.8, 4) is 0 Å². The minimum absolute atomic E-state index is 0. The number of hydrogen-bond acceptors (Lipinski definition) is 3. The van der Waals surface area contributed by atoms with Crippen LogP contribution in [0.2, 0.25) is 0 Å². The molecular formula is C15H26IN3O2. The smallest absolute Gasteiger partial charge is 0.191 e. The summed E-state index contributed by atoms with van der Waals surface area (Å²) in [5.74, 6) is 2.07. The first-order chi connectivity index (χ1) is 9.24. The number of halogens is 1. The maximum atomic E-state index is 10.5. The van der Waals surface area contributed by atoms with Crippen molar-refractivity contribution >= 4 is 29.9 Å². The van der Waals surface area contributed by atoms with E-state index in [-0.39, 0.29) is 24.0 Å². The Bertz CT molecular complexity index is 509. The molecule has 2 rings (SSSR count). The van der Waals surface area contributed by atoms with Crippen LogP contribution in [0.3, 0.4) is 0 Å². The summed E-state index contributed by atoms with van der Waals surface area (Å²) in [6.45, 7) is 8.38. The van der Waals surface area contributed by atoms with E-state index in [0.717, 1.165) is 12.2 Å². The molecule has 2 unspecified atom stereocenters. The van der Waals surface area contributed by atoms with Gasteiger partial charge in [-0.3, -0.25) is 4.99 Å². The second kappa shape index (κ2) is 6.56. The van der Waals surface area contributed by atoms with Crippen molar-refractivity contribution in [3.05, 3.63) is 23.7 Å². The molecule has 0 saturated heterocycles. The number of guanidine groups is 1. The highest BCUT2D eigenvalue weighted by Crippen LogP contribution is 2.44. The fraction of sp³-hybridized carbons (Fsp3) is 0.667. The van der Waals surface area contributed by atoms with Gasteiger partial charge >= 0.3 is 0 Å². The molecule has 6 heteroatoms. The first-order valence-corrected chi connectivity index (χ1v) is 7.01. The van der Waals surface area contributed by atoms with Crippen LogP contribution in [0.1, 0.15) is 38.7 Å². The zero-order valence-corrected chi connectivity index (χ0v) is 15.7. The third kappa shape index (κ3) is 4.60. The van der Waals surface area contributed by atoms with E-state index >= 15 is 0 Å². The number of nitrogens with zero attached hydrogens (tertiary/aromatic N) is 1. The van der Waals surface area contributed by atoms with Crippen LogP contribution in [0.25, 0.3) is 0 Å². The molecule has 1 saturated carbocycles. The number of hydrogen-bond donors (Lipinski definition) is 3. The average molecular weight is 407 g/mol. The molecule has 1 aromatic rings. The molecule has 1 aromatic heterocycles. The van der Waals surface area contributed by atoms with Crippen LogP contribution in [0.5, 0.6) is 0 Å². The van der Waals surface area contributed by atoms with Gasteiger partial charge < -0.3 is 20.2 Å². The van der Waals surface area contributed by atoms with Crippen molar-refractivity contribution in [1.29, 1.82) is 0 Å². The van der Waals surface area contributed by atoms with E-state index in [1.807, 2.05) is 13.0 Å². The van der Waals surface area contributed by atoms with Crippen LogP contribution in [0.4, 0.5) is 0 Å². The molecule has 0 amide bonds. The molecule has 120 valence electrons.